The van der Waals surface area contributed by atoms with E-state index in [1.165, 1.54) is 23.3 Å². The molecule has 0 aromatic carbocycles. The highest BCUT2D eigenvalue weighted by Gasteiger charge is 2.22. The first kappa shape index (κ1) is 18.1. The Balaban J connectivity index is 1.46. The van der Waals surface area contributed by atoms with Gasteiger partial charge in [-0.1, -0.05) is 17.8 Å². The number of aryl methyl sites for hydroxylation is 2. The second kappa shape index (κ2) is 7.50. The van der Waals surface area contributed by atoms with Gasteiger partial charge in [-0.3, -0.25) is 9.36 Å². The van der Waals surface area contributed by atoms with Crippen LogP contribution in [0.5, 0.6) is 0 Å². The van der Waals surface area contributed by atoms with Gasteiger partial charge in [-0.15, -0.1) is 22.7 Å². The minimum absolute atomic E-state index is 0.105. The van der Waals surface area contributed by atoms with Gasteiger partial charge in [-0.25, -0.2) is 9.97 Å². The molecule has 4 aromatic rings. The Hall–Kier alpha value is -1.90. The van der Waals surface area contributed by atoms with E-state index in [9.17, 15) is 4.79 Å². The number of oxazole rings is 1. The first-order chi connectivity index (χ1) is 13.7. The summed E-state index contributed by atoms with van der Waals surface area (Å²) < 4.78 is 7.40. The molecule has 0 amide bonds. The molecule has 0 unspecified atom stereocenters. The highest BCUT2D eigenvalue weighted by atomic mass is 32.2. The highest BCUT2D eigenvalue weighted by Crippen LogP contribution is 2.35. The van der Waals surface area contributed by atoms with Crippen LogP contribution in [0.15, 0.2) is 38.1 Å². The van der Waals surface area contributed by atoms with E-state index in [0.29, 0.717) is 18.2 Å². The minimum Gasteiger partial charge on any atom is -0.444 e. The van der Waals surface area contributed by atoms with Gasteiger partial charge in [0.2, 0.25) is 5.89 Å². The lowest BCUT2D eigenvalue weighted by Crippen LogP contribution is -2.23. The largest absolute Gasteiger partial charge is 0.444 e. The molecule has 0 bridgehead atoms. The van der Waals surface area contributed by atoms with Gasteiger partial charge in [0.05, 0.1) is 16.0 Å². The molecule has 5 rings (SSSR count). The fourth-order valence-corrected chi connectivity index (χ4v) is 6.53. The normalized spacial score (nSPS) is 13.9. The molecule has 0 radical (unpaired) electrons. The highest BCUT2D eigenvalue weighted by molar-refractivity contribution is 7.98. The second-order valence-corrected chi connectivity index (χ2v) is 9.72. The molecule has 0 spiro atoms. The molecule has 0 saturated carbocycles. The Morgan fingerprint density at radius 2 is 2.18 bits per heavy atom. The van der Waals surface area contributed by atoms with Crippen LogP contribution in [0.1, 0.15) is 35.9 Å². The monoisotopic (exact) mass is 429 g/mol. The number of nitrogens with zero attached hydrogens (tertiary/aromatic N) is 3. The average Bonchev–Trinajstić information content (AvgIpc) is 3.44. The molecule has 144 valence electrons. The summed E-state index contributed by atoms with van der Waals surface area (Å²) in [5, 5.41) is 3.62. The van der Waals surface area contributed by atoms with Crippen LogP contribution in [0, 0.1) is 0 Å². The number of aromatic nitrogens is 3. The van der Waals surface area contributed by atoms with Gasteiger partial charge in [0.15, 0.2) is 5.16 Å². The van der Waals surface area contributed by atoms with E-state index in [0.717, 1.165) is 38.8 Å². The molecule has 8 heteroatoms. The standard InChI is InChI=1S/C20H19N3O2S3/c1-2-23-19(24)16-13-6-3-4-7-14(13)28-18(16)22-20(23)27-11-12-10-25-17(21-12)15-8-5-9-26-15/h5,8-10H,2-4,6-7,11H2,1H3. The molecule has 5 nitrogen and oxygen atoms in total. The third-order valence-electron chi connectivity index (χ3n) is 4.99. The predicted molar refractivity (Wildman–Crippen MR) is 116 cm³/mol. The van der Waals surface area contributed by atoms with Crippen LogP contribution >= 0.6 is 34.4 Å². The van der Waals surface area contributed by atoms with Crippen molar-refractivity contribution in [3.63, 3.8) is 0 Å². The maximum absolute atomic E-state index is 13.2. The second-order valence-electron chi connectivity index (χ2n) is 6.74. The van der Waals surface area contributed by atoms with E-state index >= 15 is 0 Å². The van der Waals surface area contributed by atoms with E-state index in [2.05, 4.69) is 4.98 Å². The zero-order chi connectivity index (χ0) is 19.1. The number of hydrogen-bond donors (Lipinski definition) is 0. The number of fused-ring (bicyclic) bond motifs is 3. The summed E-state index contributed by atoms with van der Waals surface area (Å²) in [6, 6.07) is 3.98. The summed E-state index contributed by atoms with van der Waals surface area (Å²) in [5.74, 6) is 1.27. The van der Waals surface area contributed by atoms with Crippen molar-refractivity contribution in [1.82, 2.24) is 14.5 Å². The smallest absolute Gasteiger partial charge is 0.263 e. The van der Waals surface area contributed by atoms with Crippen LogP contribution in [0.25, 0.3) is 21.0 Å². The Labute approximate surface area is 174 Å². The van der Waals surface area contributed by atoms with Gasteiger partial charge in [0, 0.05) is 17.2 Å². The molecule has 28 heavy (non-hydrogen) atoms. The fourth-order valence-electron chi connectivity index (χ4n) is 3.63. The minimum atomic E-state index is 0.105. The average molecular weight is 430 g/mol. The van der Waals surface area contributed by atoms with Crippen molar-refractivity contribution in [2.24, 2.45) is 0 Å². The summed E-state index contributed by atoms with van der Waals surface area (Å²) in [6.45, 7) is 2.62. The van der Waals surface area contributed by atoms with Gasteiger partial charge in [0.1, 0.15) is 11.1 Å². The molecular weight excluding hydrogens is 410 g/mol. The van der Waals surface area contributed by atoms with E-state index in [1.54, 1.807) is 45.3 Å². The van der Waals surface area contributed by atoms with Gasteiger partial charge in [-0.2, -0.15) is 0 Å². The van der Waals surface area contributed by atoms with Gasteiger partial charge >= 0.3 is 0 Å². The van der Waals surface area contributed by atoms with Crippen LogP contribution in [0.2, 0.25) is 0 Å². The number of hydrogen-bond acceptors (Lipinski definition) is 7. The Kier molecular flexibility index (Phi) is 4.86. The number of thioether (sulfide) groups is 1. The van der Waals surface area contributed by atoms with Crippen LogP contribution in [0.3, 0.4) is 0 Å². The third kappa shape index (κ3) is 3.13. The summed E-state index contributed by atoms with van der Waals surface area (Å²) in [7, 11) is 0. The Morgan fingerprint density at radius 3 is 3.00 bits per heavy atom. The van der Waals surface area contributed by atoms with Crippen molar-refractivity contribution >= 4 is 44.7 Å². The van der Waals surface area contributed by atoms with Crippen LogP contribution in [-0.2, 0) is 25.1 Å². The molecule has 1 aliphatic carbocycles. The molecule has 1 aliphatic rings. The zero-order valence-corrected chi connectivity index (χ0v) is 17.9. The lowest BCUT2D eigenvalue weighted by Gasteiger charge is -2.11. The van der Waals surface area contributed by atoms with Crippen molar-refractivity contribution in [3.05, 3.63) is 50.3 Å². The number of rotatable bonds is 5. The van der Waals surface area contributed by atoms with E-state index in [1.807, 2.05) is 24.4 Å². The van der Waals surface area contributed by atoms with Gasteiger partial charge in [0.25, 0.3) is 5.56 Å². The molecule has 0 saturated heterocycles. The van der Waals surface area contributed by atoms with E-state index < -0.39 is 0 Å². The molecule has 0 atom stereocenters. The van der Waals surface area contributed by atoms with Crippen molar-refractivity contribution < 1.29 is 4.42 Å². The summed E-state index contributed by atoms with van der Waals surface area (Å²) >= 11 is 4.86. The lowest BCUT2D eigenvalue weighted by atomic mass is 9.97. The molecule has 0 N–H and O–H groups in total. The maximum Gasteiger partial charge on any atom is 0.263 e. The zero-order valence-electron chi connectivity index (χ0n) is 15.4. The first-order valence-electron chi connectivity index (χ1n) is 9.40. The van der Waals surface area contributed by atoms with Crippen LogP contribution in [-0.4, -0.2) is 14.5 Å². The van der Waals surface area contributed by atoms with Crippen molar-refractivity contribution in [3.8, 4) is 10.8 Å². The van der Waals surface area contributed by atoms with Crippen molar-refractivity contribution in [2.45, 2.75) is 50.1 Å². The summed E-state index contributed by atoms with van der Waals surface area (Å²) in [5.41, 5.74) is 2.21. The molecule has 4 aromatic heterocycles. The fraction of sp³-hybridized carbons (Fsp3) is 0.350. The maximum atomic E-state index is 13.2. The number of thiophene rings is 2. The predicted octanol–water partition coefficient (Wildman–Crippen LogP) is 5.37. The Morgan fingerprint density at radius 1 is 1.29 bits per heavy atom. The quantitative estimate of drug-likeness (QED) is 0.315. The van der Waals surface area contributed by atoms with Gasteiger partial charge < -0.3 is 4.42 Å². The molecule has 0 aliphatic heterocycles. The third-order valence-corrected chi connectivity index (χ3v) is 8.04. The van der Waals surface area contributed by atoms with E-state index in [4.69, 9.17) is 9.40 Å². The van der Waals surface area contributed by atoms with Gasteiger partial charge in [-0.05, 0) is 49.6 Å². The molecule has 4 heterocycles. The lowest BCUT2D eigenvalue weighted by molar-refractivity contribution is 0.575. The van der Waals surface area contributed by atoms with Crippen molar-refractivity contribution in [1.29, 1.82) is 0 Å². The molecular formula is C20H19N3O2S3. The van der Waals surface area contributed by atoms with Crippen LogP contribution in [0.4, 0.5) is 0 Å². The SMILES string of the molecule is CCn1c(SCc2coc(-c3cccs3)n2)nc2sc3c(c2c1=O)CCCC3. The summed E-state index contributed by atoms with van der Waals surface area (Å²) in [4.78, 5) is 25.9. The summed E-state index contributed by atoms with van der Waals surface area (Å²) in [6.07, 6.45) is 6.16. The van der Waals surface area contributed by atoms with E-state index in [-0.39, 0.29) is 5.56 Å². The Bertz CT molecular complexity index is 1190. The van der Waals surface area contributed by atoms with Crippen molar-refractivity contribution in [2.75, 3.05) is 0 Å². The van der Waals surface area contributed by atoms with Crippen LogP contribution < -0.4 is 5.56 Å². The molecule has 0 fully saturated rings. The topological polar surface area (TPSA) is 60.9 Å². The first-order valence-corrected chi connectivity index (χ1v) is 12.1.